The van der Waals surface area contributed by atoms with Gasteiger partial charge in [0.1, 0.15) is 5.82 Å². The maximum atomic E-state index is 13.3. The number of carbonyl (C=O) groups excluding carboxylic acids is 2. The van der Waals surface area contributed by atoms with E-state index in [2.05, 4.69) is 10.6 Å². The quantitative estimate of drug-likeness (QED) is 0.652. The van der Waals surface area contributed by atoms with Gasteiger partial charge in [-0.15, -0.1) is 0 Å². The Labute approximate surface area is 163 Å². The van der Waals surface area contributed by atoms with Gasteiger partial charge in [-0.1, -0.05) is 42.5 Å². The lowest BCUT2D eigenvalue weighted by atomic mass is 9.91. The van der Waals surface area contributed by atoms with E-state index in [4.69, 9.17) is 0 Å². The first kappa shape index (κ1) is 19.3. The van der Waals surface area contributed by atoms with Gasteiger partial charge in [-0.3, -0.25) is 9.59 Å². The zero-order valence-corrected chi connectivity index (χ0v) is 15.5. The number of carbonyl (C=O) groups is 2. The molecule has 0 saturated heterocycles. The Morgan fingerprint density at radius 2 is 1.39 bits per heavy atom. The standard InChI is InChI=1S/C23H21FN2O2/c1-16(27)25-20-11-13-21(14-12-20)26-23(28)22(15-17-5-3-2-4-6-17)18-7-9-19(24)10-8-18/h2-14,22H,15H2,1H3,(H,25,27)(H,26,28). The number of hydrogen-bond donors (Lipinski definition) is 2. The highest BCUT2D eigenvalue weighted by atomic mass is 19.1. The van der Waals surface area contributed by atoms with E-state index in [1.165, 1.54) is 19.1 Å². The molecule has 28 heavy (non-hydrogen) atoms. The number of nitrogens with one attached hydrogen (secondary N) is 2. The van der Waals surface area contributed by atoms with Gasteiger partial charge in [-0.25, -0.2) is 4.39 Å². The first-order chi connectivity index (χ1) is 13.5. The molecule has 0 aromatic heterocycles. The zero-order chi connectivity index (χ0) is 19.9. The van der Waals surface area contributed by atoms with Gasteiger partial charge in [0.25, 0.3) is 0 Å². The van der Waals surface area contributed by atoms with Crippen LogP contribution in [0.3, 0.4) is 0 Å². The van der Waals surface area contributed by atoms with Crippen molar-refractivity contribution in [2.45, 2.75) is 19.3 Å². The third-order valence-corrected chi connectivity index (χ3v) is 4.34. The lowest BCUT2D eigenvalue weighted by Crippen LogP contribution is -2.23. The van der Waals surface area contributed by atoms with Crippen molar-refractivity contribution in [3.63, 3.8) is 0 Å². The molecule has 1 unspecified atom stereocenters. The summed E-state index contributed by atoms with van der Waals surface area (Å²) in [5, 5.41) is 5.60. The van der Waals surface area contributed by atoms with Crippen molar-refractivity contribution in [2.75, 3.05) is 10.6 Å². The van der Waals surface area contributed by atoms with E-state index in [1.54, 1.807) is 36.4 Å². The topological polar surface area (TPSA) is 58.2 Å². The molecule has 1 atom stereocenters. The number of benzene rings is 3. The molecule has 5 heteroatoms. The van der Waals surface area contributed by atoms with Gasteiger partial charge in [0.2, 0.25) is 11.8 Å². The van der Waals surface area contributed by atoms with Crippen LogP contribution in [-0.2, 0) is 16.0 Å². The highest BCUT2D eigenvalue weighted by Crippen LogP contribution is 2.24. The normalized spacial score (nSPS) is 11.5. The van der Waals surface area contributed by atoms with E-state index in [-0.39, 0.29) is 17.6 Å². The summed E-state index contributed by atoms with van der Waals surface area (Å²) in [6.45, 7) is 1.44. The third kappa shape index (κ3) is 5.27. The molecular weight excluding hydrogens is 355 g/mol. The highest BCUT2D eigenvalue weighted by Gasteiger charge is 2.21. The van der Waals surface area contributed by atoms with Crippen LogP contribution >= 0.6 is 0 Å². The average Bonchev–Trinajstić information content (AvgIpc) is 2.69. The van der Waals surface area contributed by atoms with E-state index in [9.17, 15) is 14.0 Å². The highest BCUT2D eigenvalue weighted by molar-refractivity contribution is 5.96. The van der Waals surface area contributed by atoms with E-state index in [1.807, 2.05) is 30.3 Å². The van der Waals surface area contributed by atoms with Crippen LogP contribution in [0.4, 0.5) is 15.8 Å². The molecule has 3 rings (SSSR count). The number of halogens is 1. The predicted octanol–water partition coefficient (Wildman–Crippen LogP) is 4.75. The smallest absolute Gasteiger partial charge is 0.232 e. The fourth-order valence-electron chi connectivity index (χ4n) is 2.98. The SMILES string of the molecule is CC(=O)Nc1ccc(NC(=O)C(Cc2ccccc2)c2ccc(F)cc2)cc1. The van der Waals surface area contributed by atoms with Gasteiger partial charge in [0.05, 0.1) is 5.92 Å². The van der Waals surface area contributed by atoms with Gasteiger partial charge in [-0.2, -0.15) is 0 Å². The van der Waals surface area contributed by atoms with Gasteiger partial charge >= 0.3 is 0 Å². The second kappa shape index (κ2) is 8.95. The molecule has 0 heterocycles. The molecule has 0 saturated carbocycles. The molecule has 0 aliphatic rings. The summed E-state index contributed by atoms with van der Waals surface area (Å²) >= 11 is 0. The van der Waals surface area contributed by atoms with Crippen LogP contribution in [0, 0.1) is 5.82 Å². The summed E-state index contributed by atoms with van der Waals surface area (Å²) in [4.78, 5) is 24.1. The number of rotatable bonds is 6. The predicted molar refractivity (Wildman–Crippen MR) is 109 cm³/mol. The van der Waals surface area contributed by atoms with Crippen molar-refractivity contribution in [3.8, 4) is 0 Å². The van der Waals surface area contributed by atoms with Crippen molar-refractivity contribution in [2.24, 2.45) is 0 Å². The summed E-state index contributed by atoms with van der Waals surface area (Å²) in [7, 11) is 0. The third-order valence-electron chi connectivity index (χ3n) is 4.34. The minimum absolute atomic E-state index is 0.156. The Morgan fingerprint density at radius 1 is 0.821 bits per heavy atom. The molecule has 2 amide bonds. The van der Waals surface area contributed by atoms with E-state index < -0.39 is 5.92 Å². The minimum atomic E-state index is -0.460. The Balaban J connectivity index is 1.79. The summed E-state index contributed by atoms with van der Waals surface area (Å²) in [6, 6.07) is 22.6. The van der Waals surface area contributed by atoms with Crippen LogP contribution in [0.15, 0.2) is 78.9 Å². The Hall–Kier alpha value is -3.47. The fraction of sp³-hybridized carbons (Fsp3) is 0.130. The van der Waals surface area contributed by atoms with Crippen LogP contribution in [-0.4, -0.2) is 11.8 Å². The monoisotopic (exact) mass is 376 g/mol. The molecule has 0 fully saturated rings. The summed E-state index contributed by atoms with van der Waals surface area (Å²) in [5.74, 6) is -1.13. The molecule has 0 bridgehead atoms. The maximum Gasteiger partial charge on any atom is 0.232 e. The van der Waals surface area contributed by atoms with Crippen LogP contribution in [0.2, 0.25) is 0 Å². The molecule has 3 aromatic carbocycles. The van der Waals surface area contributed by atoms with E-state index in [0.717, 1.165) is 11.1 Å². The summed E-state index contributed by atoms with van der Waals surface area (Å²) in [6.07, 6.45) is 0.502. The first-order valence-corrected chi connectivity index (χ1v) is 8.99. The van der Waals surface area contributed by atoms with Gasteiger partial charge < -0.3 is 10.6 Å². The van der Waals surface area contributed by atoms with Crippen LogP contribution < -0.4 is 10.6 Å². The molecule has 0 aliphatic heterocycles. The summed E-state index contributed by atoms with van der Waals surface area (Å²) < 4.78 is 13.3. The molecule has 0 spiro atoms. The molecule has 0 aliphatic carbocycles. The van der Waals surface area contributed by atoms with Crippen molar-refractivity contribution in [3.05, 3.63) is 95.8 Å². The minimum Gasteiger partial charge on any atom is -0.326 e. The van der Waals surface area contributed by atoms with E-state index >= 15 is 0 Å². The second-order valence-corrected chi connectivity index (χ2v) is 6.54. The van der Waals surface area contributed by atoms with Crippen molar-refractivity contribution < 1.29 is 14.0 Å². The number of anilines is 2. The average molecular weight is 376 g/mol. The lowest BCUT2D eigenvalue weighted by molar-refractivity contribution is -0.117. The number of amides is 2. The fourth-order valence-corrected chi connectivity index (χ4v) is 2.98. The van der Waals surface area contributed by atoms with Crippen molar-refractivity contribution in [1.29, 1.82) is 0 Å². The Bertz CT molecular complexity index is 939. The molecule has 142 valence electrons. The Morgan fingerprint density at radius 3 is 1.96 bits per heavy atom. The van der Waals surface area contributed by atoms with Crippen molar-refractivity contribution >= 4 is 23.2 Å². The summed E-state index contributed by atoms with van der Waals surface area (Å²) in [5.41, 5.74) is 3.05. The van der Waals surface area contributed by atoms with Gasteiger partial charge in [-0.05, 0) is 53.9 Å². The maximum absolute atomic E-state index is 13.3. The number of hydrogen-bond acceptors (Lipinski definition) is 2. The molecule has 0 radical (unpaired) electrons. The molecule has 4 nitrogen and oxygen atoms in total. The first-order valence-electron chi connectivity index (χ1n) is 8.99. The zero-order valence-electron chi connectivity index (χ0n) is 15.5. The van der Waals surface area contributed by atoms with Gasteiger partial charge in [0, 0.05) is 18.3 Å². The molecule has 3 aromatic rings. The molecular formula is C23H21FN2O2. The Kier molecular flexibility index (Phi) is 6.17. The van der Waals surface area contributed by atoms with Crippen LogP contribution in [0.1, 0.15) is 24.0 Å². The largest absolute Gasteiger partial charge is 0.326 e. The van der Waals surface area contributed by atoms with Gasteiger partial charge in [0.15, 0.2) is 0 Å². The van der Waals surface area contributed by atoms with Crippen LogP contribution in [0.25, 0.3) is 0 Å². The van der Waals surface area contributed by atoms with Crippen molar-refractivity contribution in [1.82, 2.24) is 0 Å². The van der Waals surface area contributed by atoms with E-state index in [0.29, 0.717) is 17.8 Å². The van der Waals surface area contributed by atoms with Crippen LogP contribution in [0.5, 0.6) is 0 Å². The lowest BCUT2D eigenvalue weighted by Gasteiger charge is -2.18. The second-order valence-electron chi connectivity index (χ2n) is 6.54. The molecule has 2 N–H and O–H groups in total.